The van der Waals surface area contributed by atoms with E-state index in [1.807, 2.05) is 0 Å². The minimum Gasteiger partial charge on any atom is -0.377 e. The molecule has 3 heteroatoms. The Labute approximate surface area is 89.8 Å². The van der Waals surface area contributed by atoms with Crippen molar-refractivity contribution in [2.75, 3.05) is 25.5 Å². The van der Waals surface area contributed by atoms with Crippen LogP contribution in [0.1, 0.15) is 20.3 Å². The third-order valence-electron chi connectivity index (χ3n) is 2.77. The Morgan fingerprint density at radius 1 is 1.62 bits per heavy atom. The highest BCUT2D eigenvalue weighted by molar-refractivity contribution is 9.09. The van der Waals surface area contributed by atoms with Gasteiger partial charge in [0.05, 0.1) is 6.10 Å². The number of hydrogen-bond acceptors (Lipinski definition) is 2. The van der Waals surface area contributed by atoms with Gasteiger partial charge in [0.25, 0.3) is 0 Å². The summed E-state index contributed by atoms with van der Waals surface area (Å²) >= 11 is 3.51. The van der Waals surface area contributed by atoms with E-state index in [0.29, 0.717) is 12.1 Å². The molecule has 1 aliphatic heterocycles. The Balaban J connectivity index is 2.33. The highest BCUT2D eigenvalue weighted by Gasteiger charge is 2.27. The molecule has 1 fully saturated rings. The first-order valence-electron chi connectivity index (χ1n) is 5.03. The molecule has 1 rings (SSSR count). The van der Waals surface area contributed by atoms with Crippen LogP contribution in [0.5, 0.6) is 0 Å². The molecule has 0 aromatic rings. The summed E-state index contributed by atoms with van der Waals surface area (Å²) in [6.45, 7) is 6.53. The molecule has 0 bridgehead atoms. The first-order chi connectivity index (χ1) is 6.15. The van der Waals surface area contributed by atoms with Gasteiger partial charge in [-0.25, -0.2) is 0 Å². The number of likely N-dealkylation sites (N-methyl/N-ethyl adjacent to an activating group) is 1. The van der Waals surface area contributed by atoms with Crippen LogP contribution in [0, 0.1) is 5.92 Å². The number of ether oxygens (including phenoxy) is 1. The van der Waals surface area contributed by atoms with E-state index >= 15 is 0 Å². The molecule has 0 saturated carbocycles. The van der Waals surface area contributed by atoms with E-state index in [0.717, 1.165) is 24.4 Å². The number of alkyl halides is 1. The van der Waals surface area contributed by atoms with Gasteiger partial charge in [0.15, 0.2) is 0 Å². The van der Waals surface area contributed by atoms with Crippen molar-refractivity contribution >= 4 is 15.9 Å². The third-order valence-corrected chi connectivity index (χ3v) is 3.87. The molecule has 1 saturated heterocycles. The van der Waals surface area contributed by atoms with Crippen LogP contribution in [0.3, 0.4) is 0 Å². The van der Waals surface area contributed by atoms with E-state index < -0.39 is 0 Å². The Morgan fingerprint density at radius 3 is 2.77 bits per heavy atom. The lowest BCUT2D eigenvalue weighted by atomic mass is 10.1. The molecule has 0 amide bonds. The molecule has 13 heavy (non-hydrogen) atoms. The van der Waals surface area contributed by atoms with Crippen LogP contribution in [0.4, 0.5) is 0 Å². The topological polar surface area (TPSA) is 12.5 Å². The molecule has 0 spiro atoms. The molecule has 0 radical (unpaired) electrons. The monoisotopic (exact) mass is 249 g/mol. The molecule has 0 aromatic carbocycles. The predicted molar refractivity (Wildman–Crippen MR) is 59.4 cm³/mol. The second-order valence-electron chi connectivity index (χ2n) is 4.13. The summed E-state index contributed by atoms with van der Waals surface area (Å²) in [6, 6.07) is 0.626. The van der Waals surface area contributed by atoms with Crippen molar-refractivity contribution in [3.8, 4) is 0 Å². The number of rotatable bonds is 4. The van der Waals surface area contributed by atoms with Gasteiger partial charge in [-0.3, -0.25) is 0 Å². The van der Waals surface area contributed by atoms with Gasteiger partial charge in [-0.15, -0.1) is 0 Å². The van der Waals surface area contributed by atoms with Crippen LogP contribution >= 0.6 is 15.9 Å². The van der Waals surface area contributed by atoms with Crippen molar-refractivity contribution < 1.29 is 4.74 Å². The molecule has 0 aliphatic carbocycles. The summed E-state index contributed by atoms with van der Waals surface area (Å²) in [5, 5.41) is 1.08. The molecule has 1 aliphatic rings. The second kappa shape index (κ2) is 5.32. The van der Waals surface area contributed by atoms with Gasteiger partial charge in [0.1, 0.15) is 0 Å². The lowest BCUT2D eigenvalue weighted by molar-refractivity contribution is 0.0802. The maximum Gasteiger partial charge on any atom is 0.0702 e. The van der Waals surface area contributed by atoms with E-state index in [-0.39, 0.29) is 0 Å². The van der Waals surface area contributed by atoms with Gasteiger partial charge >= 0.3 is 0 Å². The van der Waals surface area contributed by atoms with Crippen LogP contribution in [-0.4, -0.2) is 42.6 Å². The predicted octanol–water partition coefficient (Wildman–Crippen LogP) is 2.13. The van der Waals surface area contributed by atoms with Crippen molar-refractivity contribution in [3.05, 3.63) is 0 Å². The first kappa shape index (κ1) is 11.5. The molecular formula is C10H20BrNO. The second-order valence-corrected chi connectivity index (χ2v) is 4.78. The van der Waals surface area contributed by atoms with Gasteiger partial charge in [-0.2, -0.15) is 0 Å². The fourth-order valence-corrected chi connectivity index (χ4v) is 2.18. The SMILES string of the molecule is CC(CBr)CN(C)C1CCOC1C. The molecular weight excluding hydrogens is 230 g/mol. The van der Waals surface area contributed by atoms with E-state index in [9.17, 15) is 0 Å². The Morgan fingerprint density at radius 2 is 2.31 bits per heavy atom. The summed E-state index contributed by atoms with van der Waals surface area (Å²) < 4.78 is 5.55. The van der Waals surface area contributed by atoms with Gasteiger partial charge in [-0.1, -0.05) is 22.9 Å². The van der Waals surface area contributed by atoms with E-state index in [2.05, 4.69) is 41.7 Å². The van der Waals surface area contributed by atoms with Gasteiger partial charge in [-0.05, 0) is 26.3 Å². The van der Waals surface area contributed by atoms with Gasteiger partial charge < -0.3 is 9.64 Å². The minimum atomic E-state index is 0.410. The summed E-state index contributed by atoms with van der Waals surface area (Å²) in [5.74, 6) is 0.720. The van der Waals surface area contributed by atoms with E-state index in [4.69, 9.17) is 4.74 Å². The molecule has 2 nitrogen and oxygen atoms in total. The van der Waals surface area contributed by atoms with Crippen LogP contribution in [0.15, 0.2) is 0 Å². The van der Waals surface area contributed by atoms with Crippen LogP contribution in [-0.2, 0) is 4.74 Å². The smallest absolute Gasteiger partial charge is 0.0702 e. The average molecular weight is 250 g/mol. The van der Waals surface area contributed by atoms with Gasteiger partial charge in [0.2, 0.25) is 0 Å². The van der Waals surface area contributed by atoms with Crippen molar-refractivity contribution in [3.63, 3.8) is 0 Å². The largest absolute Gasteiger partial charge is 0.377 e. The lowest BCUT2D eigenvalue weighted by Gasteiger charge is -2.28. The van der Waals surface area contributed by atoms with Crippen molar-refractivity contribution in [2.24, 2.45) is 5.92 Å². The minimum absolute atomic E-state index is 0.410. The van der Waals surface area contributed by atoms with Crippen LogP contribution in [0.25, 0.3) is 0 Å². The zero-order valence-corrected chi connectivity index (χ0v) is 10.4. The lowest BCUT2D eigenvalue weighted by Crippen LogP contribution is -2.39. The molecule has 3 atom stereocenters. The number of halogens is 1. The molecule has 3 unspecified atom stereocenters. The Kier molecular flexibility index (Phi) is 4.70. The first-order valence-corrected chi connectivity index (χ1v) is 6.15. The van der Waals surface area contributed by atoms with Crippen molar-refractivity contribution in [2.45, 2.75) is 32.4 Å². The quantitative estimate of drug-likeness (QED) is 0.709. The number of hydrogen-bond donors (Lipinski definition) is 0. The fraction of sp³-hybridized carbons (Fsp3) is 1.00. The summed E-state index contributed by atoms with van der Waals surface area (Å²) in [7, 11) is 2.20. The molecule has 0 aromatic heterocycles. The normalized spacial score (nSPS) is 31.2. The summed E-state index contributed by atoms with van der Waals surface area (Å²) in [4.78, 5) is 2.43. The van der Waals surface area contributed by atoms with Crippen LogP contribution < -0.4 is 0 Å². The standard InChI is InChI=1S/C10H20BrNO/c1-8(6-11)7-12(3)10-4-5-13-9(10)2/h8-10H,4-7H2,1-3H3. The third kappa shape index (κ3) is 3.22. The average Bonchev–Trinajstić information content (AvgIpc) is 2.51. The Bertz CT molecular complexity index is 154. The van der Waals surface area contributed by atoms with Crippen LogP contribution in [0.2, 0.25) is 0 Å². The molecule has 0 N–H and O–H groups in total. The Hall–Kier alpha value is 0.400. The molecule has 1 heterocycles. The maximum absolute atomic E-state index is 5.55. The number of nitrogens with zero attached hydrogens (tertiary/aromatic N) is 1. The van der Waals surface area contributed by atoms with Crippen molar-refractivity contribution in [1.29, 1.82) is 0 Å². The van der Waals surface area contributed by atoms with E-state index in [1.165, 1.54) is 6.42 Å². The summed E-state index contributed by atoms with van der Waals surface area (Å²) in [6.07, 6.45) is 1.60. The zero-order valence-electron chi connectivity index (χ0n) is 8.79. The fourth-order valence-electron chi connectivity index (χ4n) is 1.98. The highest BCUT2D eigenvalue weighted by Crippen LogP contribution is 2.19. The highest BCUT2D eigenvalue weighted by atomic mass is 79.9. The van der Waals surface area contributed by atoms with Crippen molar-refractivity contribution in [1.82, 2.24) is 4.90 Å². The zero-order chi connectivity index (χ0) is 9.84. The maximum atomic E-state index is 5.55. The summed E-state index contributed by atoms with van der Waals surface area (Å²) in [5.41, 5.74) is 0. The molecule has 78 valence electrons. The van der Waals surface area contributed by atoms with Gasteiger partial charge in [0, 0.05) is 24.5 Å². The van der Waals surface area contributed by atoms with E-state index in [1.54, 1.807) is 0 Å².